The van der Waals surface area contributed by atoms with Crippen molar-refractivity contribution in [2.45, 2.75) is 0 Å². The van der Waals surface area contributed by atoms with E-state index in [2.05, 4.69) is 27.9 Å². The molecule has 1 fully saturated rings. The zero-order valence-electron chi connectivity index (χ0n) is 9.70. The number of amides is 1. The number of hydrogen-bond donors (Lipinski definition) is 1. The maximum atomic E-state index is 12.2. The summed E-state index contributed by atoms with van der Waals surface area (Å²) in [6.45, 7) is 3.31. The highest BCUT2D eigenvalue weighted by Gasteiger charge is 2.18. The second-order valence-electron chi connectivity index (χ2n) is 3.89. The Hall–Kier alpha value is -0.820. The first-order valence-electron chi connectivity index (χ1n) is 5.56. The largest absolute Gasteiger partial charge is 0.496 e. The van der Waals surface area contributed by atoms with Crippen LogP contribution in [0.3, 0.4) is 0 Å². The molecule has 5 heteroatoms. The fourth-order valence-electron chi connectivity index (χ4n) is 1.85. The standard InChI is InChI=1S/C12H15IN2O2/c1-17-11-3-2-9(8-10(11)13)12(16)15-6-4-14-5-7-15/h2-3,8,14H,4-7H2,1H3. The van der Waals surface area contributed by atoms with Gasteiger partial charge in [0, 0.05) is 31.7 Å². The first-order valence-corrected chi connectivity index (χ1v) is 6.64. The average molecular weight is 346 g/mol. The Balaban J connectivity index is 2.16. The first kappa shape index (κ1) is 12.6. The topological polar surface area (TPSA) is 41.6 Å². The van der Waals surface area contributed by atoms with Crippen molar-refractivity contribution < 1.29 is 9.53 Å². The number of carbonyl (C=O) groups is 1. The van der Waals surface area contributed by atoms with E-state index in [1.165, 1.54) is 0 Å². The summed E-state index contributed by atoms with van der Waals surface area (Å²) in [5, 5.41) is 3.24. The quantitative estimate of drug-likeness (QED) is 0.822. The molecule has 1 saturated heterocycles. The molecule has 0 atom stereocenters. The van der Waals surface area contributed by atoms with Crippen molar-refractivity contribution in [3.8, 4) is 5.75 Å². The van der Waals surface area contributed by atoms with Crippen LogP contribution in [-0.2, 0) is 0 Å². The van der Waals surface area contributed by atoms with E-state index >= 15 is 0 Å². The van der Waals surface area contributed by atoms with E-state index in [0.717, 1.165) is 41.1 Å². The minimum Gasteiger partial charge on any atom is -0.496 e. The van der Waals surface area contributed by atoms with Crippen LogP contribution in [0.1, 0.15) is 10.4 Å². The highest BCUT2D eigenvalue weighted by atomic mass is 127. The van der Waals surface area contributed by atoms with Crippen molar-refractivity contribution in [2.24, 2.45) is 0 Å². The molecule has 1 aliphatic heterocycles. The van der Waals surface area contributed by atoms with Crippen LogP contribution in [0.5, 0.6) is 5.75 Å². The fraction of sp³-hybridized carbons (Fsp3) is 0.417. The van der Waals surface area contributed by atoms with Crippen molar-refractivity contribution in [3.05, 3.63) is 27.3 Å². The van der Waals surface area contributed by atoms with Crippen LogP contribution in [0, 0.1) is 3.57 Å². The summed E-state index contributed by atoms with van der Waals surface area (Å²) in [6.07, 6.45) is 0. The first-order chi connectivity index (χ1) is 8.22. The van der Waals surface area contributed by atoms with Gasteiger partial charge < -0.3 is 15.0 Å². The van der Waals surface area contributed by atoms with E-state index in [-0.39, 0.29) is 5.91 Å². The third kappa shape index (κ3) is 2.90. The molecular weight excluding hydrogens is 331 g/mol. The van der Waals surface area contributed by atoms with Crippen molar-refractivity contribution in [1.29, 1.82) is 0 Å². The van der Waals surface area contributed by atoms with E-state index < -0.39 is 0 Å². The summed E-state index contributed by atoms with van der Waals surface area (Å²) in [5.41, 5.74) is 0.733. The zero-order chi connectivity index (χ0) is 12.3. The van der Waals surface area contributed by atoms with Crippen molar-refractivity contribution >= 4 is 28.5 Å². The molecule has 1 aromatic carbocycles. The van der Waals surface area contributed by atoms with E-state index in [0.29, 0.717) is 0 Å². The predicted molar refractivity (Wildman–Crippen MR) is 74.5 cm³/mol. The minimum absolute atomic E-state index is 0.104. The molecule has 0 saturated carbocycles. The van der Waals surface area contributed by atoms with Crippen LogP contribution in [-0.4, -0.2) is 44.1 Å². The van der Waals surface area contributed by atoms with E-state index in [1.807, 2.05) is 23.1 Å². The van der Waals surface area contributed by atoms with Gasteiger partial charge in [0.05, 0.1) is 10.7 Å². The van der Waals surface area contributed by atoms with E-state index in [4.69, 9.17) is 4.74 Å². The lowest BCUT2D eigenvalue weighted by atomic mass is 10.2. The van der Waals surface area contributed by atoms with Crippen LogP contribution >= 0.6 is 22.6 Å². The SMILES string of the molecule is COc1ccc(C(=O)N2CCNCC2)cc1I. The molecule has 92 valence electrons. The van der Waals surface area contributed by atoms with Crippen LogP contribution < -0.4 is 10.1 Å². The lowest BCUT2D eigenvalue weighted by Gasteiger charge is -2.27. The molecule has 1 aliphatic rings. The lowest BCUT2D eigenvalue weighted by Crippen LogP contribution is -2.46. The second kappa shape index (κ2) is 5.68. The van der Waals surface area contributed by atoms with Gasteiger partial charge in [-0.05, 0) is 40.8 Å². The predicted octanol–water partition coefficient (Wildman–Crippen LogP) is 1.35. The Labute approximate surface area is 114 Å². The molecule has 1 aromatic rings. The Kier molecular flexibility index (Phi) is 4.22. The average Bonchev–Trinajstić information content (AvgIpc) is 2.39. The van der Waals surface area contributed by atoms with Gasteiger partial charge in [-0.2, -0.15) is 0 Å². The molecule has 0 bridgehead atoms. The number of halogens is 1. The van der Waals surface area contributed by atoms with Gasteiger partial charge in [-0.25, -0.2) is 0 Å². The van der Waals surface area contributed by atoms with Crippen molar-refractivity contribution in [3.63, 3.8) is 0 Å². The molecule has 0 radical (unpaired) electrons. The maximum absolute atomic E-state index is 12.2. The number of methoxy groups -OCH3 is 1. The van der Waals surface area contributed by atoms with Gasteiger partial charge in [0.25, 0.3) is 5.91 Å². The smallest absolute Gasteiger partial charge is 0.253 e. The van der Waals surface area contributed by atoms with Crippen LogP contribution in [0.4, 0.5) is 0 Å². The molecule has 4 nitrogen and oxygen atoms in total. The number of nitrogens with one attached hydrogen (secondary N) is 1. The van der Waals surface area contributed by atoms with Crippen molar-refractivity contribution in [2.75, 3.05) is 33.3 Å². The Morgan fingerprint density at radius 1 is 1.41 bits per heavy atom. The number of benzene rings is 1. The number of hydrogen-bond acceptors (Lipinski definition) is 3. The second-order valence-corrected chi connectivity index (χ2v) is 5.05. The van der Waals surface area contributed by atoms with E-state index in [1.54, 1.807) is 7.11 Å². The van der Waals surface area contributed by atoms with Gasteiger partial charge in [-0.1, -0.05) is 0 Å². The number of rotatable bonds is 2. The molecular formula is C12H15IN2O2. The molecule has 0 unspecified atom stereocenters. The molecule has 0 aromatic heterocycles. The van der Waals surface area contributed by atoms with Crippen molar-refractivity contribution in [1.82, 2.24) is 10.2 Å². The van der Waals surface area contributed by atoms with Gasteiger partial charge >= 0.3 is 0 Å². The van der Waals surface area contributed by atoms with Gasteiger partial charge in [0.2, 0.25) is 0 Å². The summed E-state index contributed by atoms with van der Waals surface area (Å²) in [7, 11) is 1.63. The van der Waals surface area contributed by atoms with Gasteiger partial charge in [-0.3, -0.25) is 4.79 Å². The molecule has 0 spiro atoms. The normalized spacial score (nSPS) is 15.8. The van der Waals surface area contributed by atoms with Crippen LogP contribution in [0.15, 0.2) is 18.2 Å². The van der Waals surface area contributed by atoms with Gasteiger partial charge in [0.15, 0.2) is 0 Å². The summed E-state index contributed by atoms with van der Waals surface area (Å²) in [5.74, 6) is 0.912. The van der Waals surface area contributed by atoms with Crippen LogP contribution in [0.25, 0.3) is 0 Å². The molecule has 2 rings (SSSR count). The third-order valence-corrected chi connectivity index (χ3v) is 3.65. The maximum Gasteiger partial charge on any atom is 0.253 e. The Morgan fingerprint density at radius 2 is 2.12 bits per heavy atom. The molecule has 1 N–H and O–H groups in total. The Bertz CT molecular complexity index is 417. The number of ether oxygens (including phenoxy) is 1. The van der Waals surface area contributed by atoms with Gasteiger partial charge in [-0.15, -0.1) is 0 Å². The zero-order valence-corrected chi connectivity index (χ0v) is 11.9. The lowest BCUT2D eigenvalue weighted by molar-refractivity contribution is 0.0735. The number of nitrogens with zero attached hydrogens (tertiary/aromatic N) is 1. The molecule has 17 heavy (non-hydrogen) atoms. The van der Waals surface area contributed by atoms with Crippen LogP contribution in [0.2, 0.25) is 0 Å². The third-order valence-electron chi connectivity index (χ3n) is 2.80. The van der Waals surface area contributed by atoms with Gasteiger partial charge in [0.1, 0.15) is 5.75 Å². The summed E-state index contributed by atoms with van der Waals surface area (Å²) < 4.78 is 6.15. The minimum atomic E-state index is 0.104. The molecule has 1 heterocycles. The molecule has 0 aliphatic carbocycles. The number of carbonyl (C=O) groups excluding carboxylic acids is 1. The monoisotopic (exact) mass is 346 g/mol. The summed E-state index contributed by atoms with van der Waals surface area (Å²) >= 11 is 2.18. The Morgan fingerprint density at radius 3 is 2.71 bits per heavy atom. The number of piperazine rings is 1. The highest BCUT2D eigenvalue weighted by Crippen LogP contribution is 2.22. The summed E-state index contributed by atoms with van der Waals surface area (Å²) in [4.78, 5) is 14.1. The molecule has 1 amide bonds. The van der Waals surface area contributed by atoms with E-state index in [9.17, 15) is 4.79 Å². The fourth-order valence-corrected chi connectivity index (χ4v) is 2.59. The highest BCUT2D eigenvalue weighted by molar-refractivity contribution is 14.1. The summed E-state index contributed by atoms with van der Waals surface area (Å²) in [6, 6.07) is 5.55.